The second kappa shape index (κ2) is 16.5. The molecule has 0 aliphatic rings. The molecule has 0 aliphatic heterocycles. The summed E-state index contributed by atoms with van der Waals surface area (Å²) in [4.78, 5) is 30.4. The van der Waals surface area contributed by atoms with Crippen LogP contribution in [0.3, 0.4) is 0 Å². The first-order valence-electron chi connectivity index (χ1n) is 6.25. The third-order valence-corrected chi connectivity index (χ3v) is 1.50. The first kappa shape index (κ1) is 24.4. The summed E-state index contributed by atoms with van der Waals surface area (Å²) in [5.74, 6) is -2.01. The molecule has 0 aliphatic carbocycles. The van der Waals surface area contributed by atoms with E-state index in [-0.39, 0.29) is 18.5 Å². The Balaban J connectivity index is -0.000000247. The Hall–Kier alpha value is -2.57. The molecule has 0 saturated heterocycles. The van der Waals surface area contributed by atoms with E-state index in [4.69, 9.17) is 5.11 Å². The van der Waals surface area contributed by atoms with Crippen LogP contribution in [0.25, 0.3) is 0 Å². The average Bonchev–Trinajstić information content (AvgIpc) is 2.47. The first-order valence-corrected chi connectivity index (χ1v) is 6.25. The minimum atomic E-state index is -0.757. The van der Waals surface area contributed by atoms with E-state index in [1.165, 1.54) is 7.11 Å². The maximum absolute atomic E-state index is 10.2. The lowest BCUT2D eigenvalue weighted by Gasteiger charge is -1.95. The number of rotatable bonds is 5. The highest BCUT2D eigenvalue weighted by Gasteiger charge is 2.01. The van der Waals surface area contributed by atoms with Crippen molar-refractivity contribution in [2.45, 2.75) is 20.8 Å². The molecule has 0 bridgehead atoms. The van der Waals surface area contributed by atoms with Crippen molar-refractivity contribution in [2.75, 3.05) is 20.3 Å². The SMILES string of the molecule is C=C(C)C(=O)OC.C=C(O)C(=O)OCC.C=CC(=O)OCC. The van der Waals surface area contributed by atoms with Gasteiger partial charge in [-0.1, -0.05) is 13.2 Å². The van der Waals surface area contributed by atoms with Gasteiger partial charge in [0.25, 0.3) is 0 Å². The van der Waals surface area contributed by atoms with Gasteiger partial charge in [-0.05, 0) is 27.4 Å². The van der Waals surface area contributed by atoms with E-state index in [9.17, 15) is 14.4 Å². The van der Waals surface area contributed by atoms with Crippen molar-refractivity contribution in [1.82, 2.24) is 0 Å². The number of aliphatic hydroxyl groups excluding tert-OH is 1. The van der Waals surface area contributed by atoms with Crippen LogP contribution in [0.2, 0.25) is 0 Å². The van der Waals surface area contributed by atoms with Crippen molar-refractivity contribution in [3.63, 3.8) is 0 Å². The number of methoxy groups -OCH3 is 1. The van der Waals surface area contributed by atoms with Gasteiger partial charge in [0.15, 0.2) is 5.76 Å². The minimum absolute atomic E-state index is 0.262. The Morgan fingerprint density at radius 3 is 1.59 bits per heavy atom. The molecule has 0 atom stereocenters. The molecule has 7 nitrogen and oxygen atoms in total. The largest absolute Gasteiger partial charge is 0.502 e. The van der Waals surface area contributed by atoms with Crippen LogP contribution >= 0.6 is 0 Å². The standard InChI is InChI=1S/C5H8O3.2C5H8O2/c1-3-8-5(7)4(2)6;1-4(2)5(6)7-3;1-3-5(6)7-4-2/h6H,2-3H2,1H3;1H2,2-3H3;3H,1,4H2,2H3. The van der Waals surface area contributed by atoms with Crippen molar-refractivity contribution < 1.29 is 33.7 Å². The zero-order chi connectivity index (χ0) is 18.1. The van der Waals surface area contributed by atoms with Crippen LogP contribution in [0, 0.1) is 0 Å². The molecule has 0 unspecified atom stereocenters. The maximum Gasteiger partial charge on any atom is 0.372 e. The summed E-state index contributed by atoms with van der Waals surface area (Å²) in [7, 11) is 1.33. The van der Waals surface area contributed by atoms with E-state index in [1.807, 2.05) is 0 Å². The van der Waals surface area contributed by atoms with Gasteiger partial charge in [0.05, 0.1) is 20.3 Å². The van der Waals surface area contributed by atoms with Crippen molar-refractivity contribution >= 4 is 17.9 Å². The number of hydrogen-bond donors (Lipinski definition) is 1. The molecule has 0 heterocycles. The number of esters is 3. The second-order valence-electron chi connectivity index (χ2n) is 3.40. The summed E-state index contributed by atoms with van der Waals surface area (Å²) in [6, 6.07) is 0. The Bertz CT molecular complexity index is 395. The van der Waals surface area contributed by atoms with E-state index in [1.54, 1.807) is 20.8 Å². The fourth-order valence-electron chi connectivity index (χ4n) is 0.590. The number of carbonyl (C=O) groups excluding carboxylic acids is 3. The van der Waals surface area contributed by atoms with Gasteiger partial charge in [-0.25, -0.2) is 14.4 Å². The lowest BCUT2D eigenvalue weighted by molar-refractivity contribution is -0.141. The van der Waals surface area contributed by atoms with Crippen molar-refractivity contribution in [2.24, 2.45) is 0 Å². The van der Waals surface area contributed by atoms with Crippen LogP contribution in [0.4, 0.5) is 0 Å². The number of hydrogen-bond acceptors (Lipinski definition) is 7. The second-order valence-corrected chi connectivity index (χ2v) is 3.40. The fraction of sp³-hybridized carbons (Fsp3) is 0.400. The predicted octanol–water partition coefficient (Wildman–Crippen LogP) is 2.09. The van der Waals surface area contributed by atoms with Gasteiger partial charge < -0.3 is 19.3 Å². The molecule has 0 saturated carbocycles. The van der Waals surface area contributed by atoms with Gasteiger partial charge in [-0.2, -0.15) is 0 Å². The quantitative estimate of drug-likeness (QED) is 0.359. The fourth-order valence-corrected chi connectivity index (χ4v) is 0.590. The van der Waals surface area contributed by atoms with E-state index >= 15 is 0 Å². The van der Waals surface area contributed by atoms with E-state index in [2.05, 4.69) is 33.9 Å². The lowest BCUT2D eigenvalue weighted by atomic mass is 10.4. The molecule has 0 aromatic heterocycles. The first-order chi connectivity index (χ1) is 10.2. The molecule has 0 spiro atoms. The average molecular weight is 316 g/mol. The summed E-state index contributed by atoms with van der Waals surface area (Å²) >= 11 is 0. The summed E-state index contributed by atoms with van der Waals surface area (Å²) in [5, 5.41) is 8.28. The Morgan fingerprint density at radius 2 is 1.50 bits per heavy atom. The predicted molar refractivity (Wildman–Crippen MR) is 82.1 cm³/mol. The normalized spacial score (nSPS) is 7.82. The van der Waals surface area contributed by atoms with Gasteiger partial charge >= 0.3 is 17.9 Å². The monoisotopic (exact) mass is 316 g/mol. The van der Waals surface area contributed by atoms with Crippen molar-refractivity contribution in [3.05, 3.63) is 37.1 Å². The topological polar surface area (TPSA) is 99.1 Å². The van der Waals surface area contributed by atoms with Gasteiger partial charge in [0.2, 0.25) is 0 Å². The van der Waals surface area contributed by atoms with Gasteiger partial charge in [-0.3, -0.25) is 0 Å². The molecule has 22 heavy (non-hydrogen) atoms. The van der Waals surface area contributed by atoms with Crippen LogP contribution in [0.15, 0.2) is 37.1 Å². The highest BCUT2D eigenvalue weighted by atomic mass is 16.5. The molecule has 7 heteroatoms. The highest BCUT2D eigenvalue weighted by Crippen LogP contribution is 1.87. The summed E-state index contributed by atoms with van der Waals surface area (Å²) in [5.41, 5.74) is 0.433. The molecule has 0 fully saturated rings. The molecular weight excluding hydrogens is 292 g/mol. The van der Waals surface area contributed by atoms with Crippen molar-refractivity contribution in [1.29, 1.82) is 0 Å². The molecule has 0 amide bonds. The Kier molecular flexibility index (Phi) is 18.3. The smallest absolute Gasteiger partial charge is 0.372 e. The molecule has 0 aromatic carbocycles. The van der Waals surface area contributed by atoms with Crippen LogP contribution < -0.4 is 0 Å². The maximum atomic E-state index is 10.2. The van der Waals surface area contributed by atoms with E-state index in [0.29, 0.717) is 12.2 Å². The van der Waals surface area contributed by atoms with Gasteiger partial charge in [0, 0.05) is 11.6 Å². The van der Waals surface area contributed by atoms with Crippen LogP contribution in [-0.4, -0.2) is 43.3 Å². The number of ether oxygens (including phenoxy) is 3. The molecule has 0 rings (SSSR count). The molecular formula is C15H24O7. The van der Waals surface area contributed by atoms with Crippen LogP contribution in [-0.2, 0) is 28.6 Å². The summed E-state index contributed by atoms with van der Waals surface area (Å²) < 4.78 is 13.0. The third-order valence-electron chi connectivity index (χ3n) is 1.50. The molecule has 0 aromatic rings. The Morgan fingerprint density at radius 1 is 1.05 bits per heavy atom. The van der Waals surface area contributed by atoms with Crippen molar-refractivity contribution in [3.8, 4) is 0 Å². The number of aliphatic hydroxyl groups is 1. The zero-order valence-electron chi connectivity index (χ0n) is 13.5. The molecule has 0 radical (unpaired) electrons. The minimum Gasteiger partial charge on any atom is -0.502 e. The van der Waals surface area contributed by atoms with E-state index < -0.39 is 11.7 Å². The zero-order valence-corrected chi connectivity index (χ0v) is 13.5. The lowest BCUT2D eigenvalue weighted by Crippen LogP contribution is -2.05. The summed E-state index contributed by atoms with van der Waals surface area (Å²) in [6.45, 7) is 15.2. The van der Waals surface area contributed by atoms with Crippen LogP contribution in [0.5, 0.6) is 0 Å². The van der Waals surface area contributed by atoms with Crippen LogP contribution in [0.1, 0.15) is 20.8 Å². The van der Waals surface area contributed by atoms with Gasteiger partial charge in [0.1, 0.15) is 0 Å². The highest BCUT2D eigenvalue weighted by molar-refractivity contribution is 5.86. The van der Waals surface area contributed by atoms with Gasteiger partial charge in [-0.15, -0.1) is 0 Å². The third kappa shape index (κ3) is 19.8. The summed E-state index contributed by atoms with van der Waals surface area (Å²) in [6.07, 6.45) is 1.14. The van der Waals surface area contributed by atoms with E-state index in [0.717, 1.165) is 6.08 Å². The number of carbonyl (C=O) groups is 3. The molecule has 126 valence electrons. The Labute approximate surface area is 130 Å². The molecule has 1 N–H and O–H groups in total.